The number of aryl methyl sites for hydroxylation is 1. The Bertz CT molecular complexity index is 437. The third-order valence-corrected chi connectivity index (χ3v) is 5.15. The van der Waals surface area contributed by atoms with Crippen LogP contribution in [0.1, 0.15) is 56.1 Å². The third kappa shape index (κ3) is 3.87. The van der Waals surface area contributed by atoms with Crippen molar-refractivity contribution in [1.82, 2.24) is 10.2 Å². The standard InChI is InChI=1S/C19H30N2/c1-2-13-21(15-18-10-6-12-20-18)14-17-9-5-8-16-7-3-4-11-19(16)17/h3-4,7,11,17-18,20H,2,5-6,8-10,12-15H2,1H3. The minimum atomic E-state index is 0.732. The average Bonchev–Trinajstić information content (AvgIpc) is 3.01. The number of hydrogen-bond acceptors (Lipinski definition) is 2. The van der Waals surface area contributed by atoms with Gasteiger partial charge in [0, 0.05) is 19.1 Å². The summed E-state index contributed by atoms with van der Waals surface area (Å²) in [4.78, 5) is 2.72. The van der Waals surface area contributed by atoms with E-state index in [0.717, 1.165) is 12.0 Å². The van der Waals surface area contributed by atoms with E-state index in [9.17, 15) is 0 Å². The summed E-state index contributed by atoms with van der Waals surface area (Å²) >= 11 is 0. The van der Waals surface area contributed by atoms with Crippen molar-refractivity contribution in [1.29, 1.82) is 0 Å². The maximum absolute atomic E-state index is 3.66. The highest BCUT2D eigenvalue weighted by atomic mass is 15.2. The van der Waals surface area contributed by atoms with Crippen LogP contribution in [0.3, 0.4) is 0 Å². The molecular weight excluding hydrogens is 256 g/mol. The van der Waals surface area contributed by atoms with Crippen molar-refractivity contribution in [3.05, 3.63) is 35.4 Å². The molecule has 2 unspecified atom stereocenters. The van der Waals surface area contributed by atoms with E-state index in [-0.39, 0.29) is 0 Å². The molecule has 0 aromatic heterocycles. The quantitative estimate of drug-likeness (QED) is 0.860. The van der Waals surface area contributed by atoms with Crippen molar-refractivity contribution in [2.24, 2.45) is 0 Å². The molecular formula is C19H30N2. The predicted octanol–water partition coefficient (Wildman–Crippen LogP) is 3.57. The Balaban J connectivity index is 1.65. The van der Waals surface area contributed by atoms with E-state index >= 15 is 0 Å². The first-order valence-electron chi connectivity index (χ1n) is 8.90. The third-order valence-electron chi connectivity index (χ3n) is 5.15. The van der Waals surface area contributed by atoms with Gasteiger partial charge in [-0.3, -0.25) is 0 Å². The molecule has 1 aromatic carbocycles. The second-order valence-electron chi connectivity index (χ2n) is 6.84. The zero-order valence-corrected chi connectivity index (χ0v) is 13.5. The van der Waals surface area contributed by atoms with Gasteiger partial charge >= 0.3 is 0 Å². The van der Waals surface area contributed by atoms with Gasteiger partial charge in [0.05, 0.1) is 0 Å². The zero-order valence-electron chi connectivity index (χ0n) is 13.5. The van der Waals surface area contributed by atoms with Gasteiger partial charge in [0.1, 0.15) is 0 Å². The Morgan fingerprint density at radius 1 is 1.14 bits per heavy atom. The molecule has 0 bridgehead atoms. The summed E-state index contributed by atoms with van der Waals surface area (Å²) in [7, 11) is 0. The highest BCUT2D eigenvalue weighted by Gasteiger charge is 2.24. The molecule has 1 heterocycles. The average molecular weight is 286 g/mol. The molecule has 0 amide bonds. The van der Waals surface area contributed by atoms with Crippen LogP contribution in [-0.2, 0) is 6.42 Å². The number of fused-ring (bicyclic) bond motifs is 1. The first-order valence-corrected chi connectivity index (χ1v) is 8.90. The SMILES string of the molecule is CCCN(CC1CCCN1)CC1CCCc2ccccc21. The van der Waals surface area contributed by atoms with Crippen LogP contribution in [0.4, 0.5) is 0 Å². The topological polar surface area (TPSA) is 15.3 Å². The zero-order chi connectivity index (χ0) is 14.5. The molecule has 2 heteroatoms. The van der Waals surface area contributed by atoms with Crippen LogP contribution in [0.5, 0.6) is 0 Å². The van der Waals surface area contributed by atoms with Gasteiger partial charge in [0.25, 0.3) is 0 Å². The van der Waals surface area contributed by atoms with Crippen LogP contribution in [0.25, 0.3) is 0 Å². The fourth-order valence-electron chi connectivity index (χ4n) is 4.15. The molecule has 2 atom stereocenters. The largest absolute Gasteiger partial charge is 0.313 e. The van der Waals surface area contributed by atoms with Crippen LogP contribution < -0.4 is 5.32 Å². The van der Waals surface area contributed by atoms with Gasteiger partial charge in [-0.25, -0.2) is 0 Å². The molecule has 1 fully saturated rings. The summed E-state index contributed by atoms with van der Waals surface area (Å²) < 4.78 is 0. The summed E-state index contributed by atoms with van der Waals surface area (Å²) in [6.07, 6.45) is 8.00. The van der Waals surface area contributed by atoms with Crippen LogP contribution in [0.2, 0.25) is 0 Å². The van der Waals surface area contributed by atoms with Crippen molar-refractivity contribution < 1.29 is 0 Å². The number of benzene rings is 1. The normalized spacial score (nSPS) is 25.2. The molecule has 1 aromatic rings. The van der Waals surface area contributed by atoms with Crippen LogP contribution in [0.15, 0.2) is 24.3 Å². The van der Waals surface area contributed by atoms with Gasteiger partial charge in [0.2, 0.25) is 0 Å². The van der Waals surface area contributed by atoms with Crippen molar-refractivity contribution in [3.8, 4) is 0 Å². The summed E-state index contributed by atoms with van der Waals surface area (Å²) in [5.74, 6) is 0.753. The fraction of sp³-hybridized carbons (Fsp3) is 0.684. The van der Waals surface area contributed by atoms with Crippen LogP contribution in [0, 0.1) is 0 Å². The van der Waals surface area contributed by atoms with Crippen molar-refractivity contribution >= 4 is 0 Å². The number of hydrogen-bond donors (Lipinski definition) is 1. The van der Waals surface area contributed by atoms with Gasteiger partial charge in [0.15, 0.2) is 0 Å². The van der Waals surface area contributed by atoms with E-state index in [1.807, 2.05) is 0 Å². The van der Waals surface area contributed by atoms with E-state index in [4.69, 9.17) is 0 Å². The summed E-state index contributed by atoms with van der Waals surface area (Å²) in [5, 5.41) is 3.66. The Morgan fingerprint density at radius 2 is 2.05 bits per heavy atom. The predicted molar refractivity (Wildman–Crippen MR) is 89.9 cm³/mol. The highest BCUT2D eigenvalue weighted by molar-refractivity contribution is 5.32. The molecule has 21 heavy (non-hydrogen) atoms. The molecule has 2 aliphatic rings. The first kappa shape index (κ1) is 15.1. The summed E-state index contributed by atoms with van der Waals surface area (Å²) in [6.45, 7) is 7.27. The van der Waals surface area contributed by atoms with Gasteiger partial charge in [-0.2, -0.15) is 0 Å². The minimum absolute atomic E-state index is 0.732. The summed E-state index contributed by atoms with van der Waals surface area (Å²) in [6, 6.07) is 9.87. The molecule has 1 aliphatic heterocycles. The van der Waals surface area contributed by atoms with E-state index in [1.165, 1.54) is 64.7 Å². The van der Waals surface area contributed by atoms with E-state index < -0.39 is 0 Å². The van der Waals surface area contributed by atoms with Crippen molar-refractivity contribution in [2.45, 2.75) is 57.4 Å². The molecule has 1 aliphatic carbocycles. The van der Waals surface area contributed by atoms with Crippen molar-refractivity contribution in [2.75, 3.05) is 26.2 Å². The Kier molecular flexibility index (Phi) is 5.32. The molecule has 0 radical (unpaired) electrons. The highest BCUT2D eigenvalue weighted by Crippen LogP contribution is 2.32. The Hall–Kier alpha value is -0.860. The molecule has 3 rings (SSSR count). The van der Waals surface area contributed by atoms with E-state index in [2.05, 4.69) is 41.4 Å². The maximum atomic E-state index is 3.66. The second kappa shape index (κ2) is 7.42. The maximum Gasteiger partial charge on any atom is 0.0195 e. The molecule has 116 valence electrons. The van der Waals surface area contributed by atoms with E-state index in [1.54, 1.807) is 11.1 Å². The van der Waals surface area contributed by atoms with Gasteiger partial charge in [-0.1, -0.05) is 31.2 Å². The smallest absolute Gasteiger partial charge is 0.0195 e. The van der Waals surface area contributed by atoms with E-state index in [0.29, 0.717) is 0 Å². The molecule has 0 spiro atoms. The number of nitrogens with zero attached hydrogens (tertiary/aromatic N) is 1. The molecule has 1 saturated heterocycles. The van der Waals surface area contributed by atoms with Gasteiger partial charge in [-0.05, 0) is 68.7 Å². The minimum Gasteiger partial charge on any atom is -0.313 e. The lowest BCUT2D eigenvalue weighted by Gasteiger charge is -2.32. The lowest BCUT2D eigenvalue weighted by molar-refractivity contribution is 0.228. The van der Waals surface area contributed by atoms with Gasteiger partial charge in [-0.15, -0.1) is 0 Å². The molecule has 2 nitrogen and oxygen atoms in total. The Labute approximate surface area is 129 Å². The second-order valence-corrected chi connectivity index (χ2v) is 6.84. The number of nitrogens with one attached hydrogen (secondary N) is 1. The lowest BCUT2D eigenvalue weighted by Crippen LogP contribution is -2.40. The monoisotopic (exact) mass is 286 g/mol. The van der Waals surface area contributed by atoms with Crippen molar-refractivity contribution in [3.63, 3.8) is 0 Å². The Morgan fingerprint density at radius 3 is 2.86 bits per heavy atom. The van der Waals surface area contributed by atoms with Crippen LogP contribution in [-0.4, -0.2) is 37.1 Å². The van der Waals surface area contributed by atoms with Gasteiger partial charge < -0.3 is 10.2 Å². The fourth-order valence-corrected chi connectivity index (χ4v) is 4.15. The summed E-state index contributed by atoms with van der Waals surface area (Å²) in [5.41, 5.74) is 3.23. The van der Waals surface area contributed by atoms with Crippen LogP contribution >= 0.6 is 0 Å². The number of rotatable bonds is 6. The molecule has 1 N–H and O–H groups in total. The lowest BCUT2D eigenvalue weighted by atomic mass is 9.82. The molecule has 0 saturated carbocycles. The first-order chi connectivity index (χ1) is 10.4.